The molecule has 106 valence electrons. The van der Waals surface area contributed by atoms with E-state index in [1.54, 1.807) is 18.2 Å². The summed E-state index contributed by atoms with van der Waals surface area (Å²) < 4.78 is 27.2. The average molecular weight is 360 g/mol. The molecule has 2 rings (SSSR count). The Bertz CT molecular complexity index is 770. The molecule has 0 radical (unpaired) electrons. The van der Waals surface area contributed by atoms with Gasteiger partial charge in [-0.1, -0.05) is 6.07 Å². The molecule has 0 aliphatic rings. The van der Waals surface area contributed by atoms with E-state index in [0.717, 1.165) is 11.8 Å². The van der Waals surface area contributed by atoms with Gasteiger partial charge < -0.3 is 5.11 Å². The first kappa shape index (κ1) is 14.5. The molecule has 0 fully saturated rings. The van der Waals surface area contributed by atoms with Crippen molar-refractivity contribution in [3.63, 3.8) is 0 Å². The number of H-pyrrole nitrogens is 1. The zero-order chi connectivity index (χ0) is 14.9. The summed E-state index contributed by atoms with van der Waals surface area (Å²) in [5.74, 6) is -1.37. The third kappa shape index (κ3) is 2.83. The van der Waals surface area contributed by atoms with E-state index in [9.17, 15) is 13.2 Å². The second-order valence-corrected chi connectivity index (χ2v) is 6.48. The number of halogens is 1. The summed E-state index contributed by atoms with van der Waals surface area (Å²) in [6, 6.07) is 5.05. The molecule has 9 heteroatoms. The molecular formula is C11H10BrN3O4S. The number of aromatic amines is 1. The molecule has 1 aromatic carbocycles. The molecule has 0 unspecified atom stereocenters. The molecule has 0 amide bonds. The molecule has 1 aromatic heterocycles. The fourth-order valence-electron chi connectivity index (χ4n) is 1.53. The molecular weight excluding hydrogens is 350 g/mol. The first-order valence-corrected chi connectivity index (χ1v) is 7.64. The van der Waals surface area contributed by atoms with Gasteiger partial charge in [-0.3, -0.25) is 9.82 Å². The summed E-state index contributed by atoms with van der Waals surface area (Å²) in [7, 11) is -4.06. The van der Waals surface area contributed by atoms with Crippen LogP contribution in [-0.2, 0) is 10.0 Å². The molecule has 2 aromatic rings. The number of carboxylic acid groups (broad SMARTS) is 1. The Morgan fingerprint density at radius 3 is 2.75 bits per heavy atom. The van der Waals surface area contributed by atoms with Gasteiger partial charge in [0, 0.05) is 4.47 Å². The van der Waals surface area contributed by atoms with E-state index in [2.05, 4.69) is 30.8 Å². The second kappa shape index (κ2) is 5.25. The van der Waals surface area contributed by atoms with Gasteiger partial charge in [-0.15, -0.1) is 0 Å². The highest BCUT2D eigenvalue weighted by Crippen LogP contribution is 2.26. The van der Waals surface area contributed by atoms with Gasteiger partial charge in [0.05, 0.1) is 11.9 Å². The quantitative estimate of drug-likeness (QED) is 0.772. The highest BCUT2D eigenvalue weighted by molar-refractivity contribution is 9.10. The van der Waals surface area contributed by atoms with Gasteiger partial charge in [-0.05, 0) is 40.5 Å². The monoisotopic (exact) mass is 359 g/mol. The van der Waals surface area contributed by atoms with Crippen molar-refractivity contribution in [2.75, 3.05) is 4.72 Å². The number of aryl methyl sites for hydroxylation is 1. The van der Waals surface area contributed by atoms with Gasteiger partial charge in [-0.25, -0.2) is 4.79 Å². The Balaban J connectivity index is 2.41. The lowest BCUT2D eigenvalue weighted by molar-refractivity contribution is 0.0692. The van der Waals surface area contributed by atoms with E-state index in [4.69, 9.17) is 5.11 Å². The fourth-order valence-corrected chi connectivity index (χ4v) is 3.43. The van der Waals surface area contributed by atoms with Crippen molar-refractivity contribution in [1.82, 2.24) is 10.2 Å². The van der Waals surface area contributed by atoms with Crippen molar-refractivity contribution in [2.24, 2.45) is 0 Å². The third-order valence-electron chi connectivity index (χ3n) is 2.47. The van der Waals surface area contributed by atoms with Crippen molar-refractivity contribution in [1.29, 1.82) is 0 Å². The van der Waals surface area contributed by atoms with Gasteiger partial charge in [0.25, 0.3) is 10.0 Å². The molecule has 0 aliphatic carbocycles. The van der Waals surface area contributed by atoms with Crippen LogP contribution in [0.5, 0.6) is 0 Å². The molecule has 20 heavy (non-hydrogen) atoms. The molecule has 1 heterocycles. The van der Waals surface area contributed by atoms with Crippen LogP contribution in [0.15, 0.2) is 33.9 Å². The largest absolute Gasteiger partial charge is 0.478 e. The number of hydrogen-bond donors (Lipinski definition) is 3. The van der Waals surface area contributed by atoms with Crippen LogP contribution in [0.25, 0.3) is 0 Å². The van der Waals surface area contributed by atoms with Gasteiger partial charge in [0.2, 0.25) is 0 Å². The van der Waals surface area contributed by atoms with Gasteiger partial charge >= 0.3 is 5.97 Å². The van der Waals surface area contributed by atoms with E-state index in [-0.39, 0.29) is 0 Å². The second-order valence-electron chi connectivity index (χ2n) is 4.01. The predicted molar refractivity (Wildman–Crippen MR) is 75.2 cm³/mol. The van der Waals surface area contributed by atoms with E-state index in [1.165, 1.54) is 0 Å². The Morgan fingerprint density at radius 1 is 1.45 bits per heavy atom. The standard InChI is InChI=1S/C11H10BrN3O4S/c1-6-2-3-9(8(12)4-6)15-20(18,19)10-7(11(16)17)5-13-14-10/h2-5,15H,1H3,(H,13,14)(H,16,17). The Labute approximate surface area is 123 Å². The average Bonchev–Trinajstić information content (AvgIpc) is 2.82. The topological polar surface area (TPSA) is 112 Å². The molecule has 3 N–H and O–H groups in total. The van der Waals surface area contributed by atoms with Crippen LogP contribution in [0, 0.1) is 6.92 Å². The highest BCUT2D eigenvalue weighted by Gasteiger charge is 2.25. The van der Waals surface area contributed by atoms with Crippen molar-refractivity contribution < 1.29 is 18.3 Å². The summed E-state index contributed by atoms with van der Waals surface area (Å²) in [5.41, 5.74) is 0.842. The van der Waals surface area contributed by atoms with E-state index < -0.39 is 26.6 Å². The number of carboxylic acids is 1. The van der Waals surface area contributed by atoms with Crippen LogP contribution < -0.4 is 4.72 Å². The normalized spacial score (nSPS) is 11.3. The number of sulfonamides is 1. The van der Waals surface area contributed by atoms with Crippen molar-refractivity contribution in [2.45, 2.75) is 11.9 Å². The minimum atomic E-state index is -4.06. The summed E-state index contributed by atoms with van der Waals surface area (Å²) >= 11 is 3.24. The minimum Gasteiger partial charge on any atom is -0.478 e. The number of carbonyl (C=O) groups is 1. The Kier molecular flexibility index (Phi) is 3.82. The van der Waals surface area contributed by atoms with Crippen molar-refractivity contribution in [3.05, 3.63) is 40.0 Å². The molecule has 7 nitrogen and oxygen atoms in total. The zero-order valence-corrected chi connectivity index (χ0v) is 12.6. The summed E-state index contributed by atoms with van der Waals surface area (Å²) in [4.78, 5) is 10.9. The molecule has 0 bridgehead atoms. The molecule has 0 saturated heterocycles. The van der Waals surface area contributed by atoms with Crippen LogP contribution in [0.4, 0.5) is 5.69 Å². The minimum absolute atomic E-state index is 0.307. The maximum atomic E-state index is 12.2. The number of aromatic carboxylic acids is 1. The molecule has 0 atom stereocenters. The van der Waals surface area contributed by atoms with E-state index in [0.29, 0.717) is 10.2 Å². The summed E-state index contributed by atoms with van der Waals surface area (Å²) in [5, 5.41) is 14.1. The lowest BCUT2D eigenvalue weighted by Crippen LogP contribution is -2.17. The van der Waals surface area contributed by atoms with Crippen LogP contribution in [0.2, 0.25) is 0 Å². The molecule has 0 saturated carbocycles. The SMILES string of the molecule is Cc1ccc(NS(=O)(=O)c2[nH]ncc2C(=O)O)c(Br)c1. The van der Waals surface area contributed by atoms with Crippen LogP contribution >= 0.6 is 15.9 Å². The van der Waals surface area contributed by atoms with Crippen molar-refractivity contribution >= 4 is 37.6 Å². The van der Waals surface area contributed by atoms with Gasteiger partial charge in [0.1, 0.15) is 5.56 Å². The van der Waals surface area contributed by atoms with Crippen LogP contribution in [0.1, 0.15) is 15.9 Å². The lowest BCUT2D eigenvalue weighted by atomic mass is 10.2. The number of nitrogens with zero attached hydrogens (tertiary/aromatic N) is 1. The summed E-state index contributed by atoms with van der Waals surface area (Å²) in [6.07, 6.45) is 0.946. The first-order valence-electron chi connectivity index (χ1n) is 5.37. The predicted octanol–water partition coefficient (Wildman–Crippen LogP) is 1.98. The van der Waals surface area contributed by atoms with Gasteiger partial charge in [0.15, 0.2) is 5.03 Å². The number of hydrogen-bond acceptors (Lipinski definition) is 4. The van der Waals surface area contributed by atoms with Crippen LogP contribution in [0.3, 0.4) is 0 Å². The Hall–Kier alpha value is -1.87. The maximum absolute atomic E-state index is 12.2. The summed E-state index contributed by atoms with van der Waals surface area (Å²) in [6.45, 7) is 1.86. The molecule has 0 aliphatic heterocycles. The lowest BCUT2D eigenvalue weighted by Gasteiger charge is -2.09. The number of aromatic nitrogens is 2. The van der Waals surface area contributed by atoms with Gasteiger partial charge in [-0.2, -0.15) is 13.5 Å². The van der Waals surface area contributed by atoms with Crippen molar-refractivity contribution in [3.8, 4) is 0 Å². The number of anilines is 1. The first-order chi connectivity index (χ1) is 9.31. The van der Waals surface area contributed by atoms with Crippen LogP contribution in [-0.4, -0.2) is 29.7 Å². The maximum Gasteiger partial charge on any atom is 0.340 e. The van der Waals surface area contributed by atoms with E-state index >= 15 is 0 Å². The Morgan fingerprint density at radius 2 is 2.15 bits per heavy atom. The number of benzene rings is 1. The third-order valence-corrected chi connectivity index (χ3v) is 4.47. The number of rotatable bonds is 4. The zero-order valence-electron chi connectivity index (χ0n) is 10.2. The number of nitrogens with one attached hydrogen (secondary N) is 2. The molecule has 0 spiro atoms. The fraction of sp³-hybridized carbons (Fsp3) is 0.0909. The van der Waals surface area contributed by atoms with E-state index in [1.807, 2.05) is 6.92 Å². The smallest absolute Gasteiger partial charge is 0.340 e. The highest BCUT2D eigenvalue weighted by atomic mass is 79.9.